The molecule has 6 rings (SSSR count). The molecule has 6 aromatic rings. The molecular formula is C44H70N6. The number of fused-ring (bicyclic) bond motifs is 6. The number of hydrogen-bond donors (Lipinski definition) is 0. The third-order valence-corrected chi connectivity index (χ3v) is 8.43. The third-order valence-electron chi connectivity index (χ3n) is 8.43. The van der Waals surface area contributed by atoms with Crippen LogP contribution in [0.4, 0.5) is 0 Å². The van der Waals surface area contributed by atoms with Crippen LogP contribution in [0.3, 0.4) is 0 Å². The van der Waals surface area contributed by atoms with Crippen LogP contribution in [0.25, 0.3) is 43.6 Å². The third kappa shape index (κ3) is 9.76. The van der Waals surface area contributed by atoms with Gasteiger partial charge in [-0.1, -0.05) is 110 Å². The topological polar surface area (TPSA) is 22.8 Å². The molecule has 0 spiro atoms. The maximum atomic E-state index is 2.34. The first kappa shape index (κ1) is 44.3. The molecule has 0 aliphatic carbocycles. The molecule has 0 unspecified atom stereocenters. The summed E-state index contributed by atoms with van der Waals surface area (Å²) in [5.41, 5.74) is 7.81. The second kappa shape index (κ2) is 21.5. The lowest BCUT2D eigenvalue weighted by atomic mass is 10.1. The lowest BCUT2D eigenvalue weighted by Gasteiger charge is -2.31. The van der Waals surface area contributed by atoms with Crippen molar-refractivity contribution in [3.63, 3.8) is 0 Å². The van der Waals surface area contributed by atoms with Crippen molar-refractivity contribution in [1.82, 2.24) is 28.7 Å². The summed E-state index contributed by atoms with van der Waals surface area (Å²) in [4.78, 5) is 8.96. The molecule has 2 heterocycles. The number of rotatable bonds is 6. The largest absolute Gasteiger partial charge is 0.344 e. The van der Waals surface area contributed by atoms with Crippen LogP contribution in [0.5, 0.6) is 0 Å². The van der Waals surface area contributed by atoms with E-state index in [0.29, 0.717) is 0 Å². The molecule has 276 valence electrons. The van der Waals surface area contributed by atoms with Crippen LogP contribution in [0.1, 0.15) is 78.8 Å². The number of para-hydroxylation sites is 2. The van der Waals surface area contributed by atoms with Crippen molar-refractivity contribution >= 4 is 43.6 Å². The average Bonchev–Trinajstić information content (AvgIpc) is 3.58. The number of aromatic nitrogens is 2. The Bertz CT molecular complexity index is 1820. The molecular weight excluding hydrogens is 613 g/mol. The monoisotopic (exact) mass is 683 g/mol. The van der Waals surface area contributed by atoms with Gasteiger partial charge < -0.3 is 9.13 Å². The molecule has 50 heavy (non-hydrogen) atoms. The fraction of sp³-hybridized carbons (Fsp3) is 0.455. The summed E-state index contributed by atoms with van der Waals surface area (Å²) in [5, 5.41) is 5.31. The van der Waals surface area contributed by atoms with Crippen molar-refractivity contribution in [1.29, 1.82) is 0 Å². The van der Waals surface area contributed by atoms with Crippen molar-refractivity contribution < 1.29 is 0 Å². The summed E-state index contributed by atoms with van der Waals surface area (Å²) in [6, 6.07) is 30.9. The van der Waals surface area contributed by atoms with Gasteiger partial charge in [-0.3, -0.25) is 19.6 Å². The minimum atomic E-state index is 0.285. The summed E-state index contributed by atoms with van der Waals surface area (Å²) in [6.45, 7) is 16.0. The molecule has 0 fully saturated rings. The van der Waals surface area contributed by atoms with Crippen molar-refractivity contribution in [2.24, 2.45) is 14.1 Å². The van der Waals surface area contributed by atoms with E-state index < -0.39 is 0 Å². The highest BCUT2D eigenvalue weighted by atomic mass is 15.3. The molecule has 0 aliphatic heterocycles. The van der Waals surface area contributed by atoms with E-state index in [1.165, 1.54) is 54.7 Å². The summed E-state index contributed by atoms with van der Waals surface area (Å²) in [5.74, 6) is 0. The SMILES string of the molecule is CC.CC.CC.CC.CN(C)C(c1ccc2c(c1)c1ccccc1n2C)N(C)C.CN(C)C(c1ccc2c3ccccc3n(C)c2c1)N(C)C. The van der Waals surface area contributed by atoms with E-state index in [4.69, 9.17) is 0 Å². The Labute approximate surface area is 305 Å². The number of hydrogen-bond acceptors (Lipinski definition) is 4. The quantitative estimate of drug-likeness (QED) is 0.163. The molecule has 0 aliphatic rings. The number of benzene rings is 4. The van der Waals surface area contributed by atoms with E-state index in [9.17, 15) is 0 Å². The van der Waals surface area contributed by atoms with Gasteiger partial charge in [0.15, 0.2) is 0 Å². The highest BCUT2D eigenvalue weighted by Gasteiger charge is 2.19. The standard InChI is InChI=1S/2C18H23N3.4C2H6/c1-19(2)18(20(3)4)13-10-11-17-15(12-13)14-8-6-7-9-16(14)21(17)5;1-19(2)18(20(3)4)13-10-11-15-14-8-6-7-9-16(14)21(5)17(15)12-13;4*1-2/h2*6-12,18H,1-5H3;4*1-2H3. The van der Waals surface area contributed by atoms with Gasteiger partial charge in [0.05, 0.1) is 12.3 Å². The van der Waals surface area contributed by atoms with Gasteiger partial charge in [0.25, 0.3) is 0 Å². The second-order valence-corrected chi connectivity index (χ2v) is 12.3. The Kier molecular flexibility index (Phi) is 19.1. The zero-order valence-electron chi connectivity index (χ0n) is 34.9. The fourth-order valence-electron chi connectivity index (χ4n) is 6.80. The van der Waals surface area contributed by atoms with E-state index in [2.05, 4.69) is 184 Å². The molecule has 6 heteroatoms. The normalized spacial score (nSPS) is 10.9. The van der Waals surface area contributed by atoms with Gasteiger partial charge in [0, 0.05) is 57.7 Å². The van der Waals surface area contributed by atoms with E-state index >= 15 is 0 Å². The van der Waals surface area contributed by atoms with Crippen LogP contribution in [-0.2, 0) is 14.1 Å². The van der Waals surface area contributed by atoms with Crippen molar-refractivity contribution in [2.45, 2.75) is 67.7 Å². The van der Waals surface area contributed by atoms with Crippen LogP contribution >= 0.6 is 0 Å². The molecule has 0 N–H and O–H groups in total. The molecule has 0 amide bonds. The maximum Gasteiger partial charge on any atom is 0.0876 e. The van der Waals surface area contributed by atoms with Gasteiger partial charge >= 0.3 is 0 Å². The maximum absolute atomic E-state index is 2.34. The van der Waals surface area contributed by atoms with Crippen molar-refractivity contribution in [2.75, 3.05) is 56.4 Å². The molecule has 0 bridgehead atoms. The highest BCUT2D eigenvalue weighted by molar-refractivity contribution is 6.09. The van der Waals surface area contributed by atoms with Gasteiger partial charge in [-0.2, -0.15) is 0 Å². The number of aryl methyl sites for hydroxylation is 2. The first-order valence-corrected chi connectivity index (χ1v) is 18.6. The summed E-state index contributed by atoms with van der Waals surface area (Å²) in [6.07, 6.45) is 0.570. The zero-order chi connectivity index (χ0) is 38.3. The fourth-order valence-corrected chi connectivity index (χ4v) is 6.80. The van der Waals surface area contributed by atoms with E-state index in [-0.39, 0.29) is 12.3 Å². The zero-order valence-corrected chi connectivity index (χ0v) is 34.9. The van der Waals surface area contributed by atoms with Gasteiger partial charge in [-0.25, -0.2) is 0 Å². The highest BCUT2D eigenvalue weighted by Crippen LogP contribution is 2.33. The molecule has 6 nitrogen and oxygen atoms in total. The number of nitrogens with zero attached hydrogens (tertiary/aromatic N) is 6. The van der Waals surface area contributed by atoms with Crippen molar-refractivity contribution in [3.05, 3.63) is 96.1 Å². The van der Waals surface area contributed by atoms with E-state index in [1.54, 1.807) is 0 Å². The van der Waals surface area contributed by atoms with Gasteiger partial charge in [-0.15, -0.1) is 0 Å². The minimum Gasteiger partial charge on any atom is -0.344 e. The molecule has 0 radical (unpaired) electrons. The van der Waals surface area contributed by atoms with Crippen LogP contribution < -0.4 is 0 Å². The Morgan fingerprint density at radius 3 is 1.12 bits per heavy atom. The Morgan fingerprint density at radius 1 is 0.360 bits per heavy atom. The first-order chi connectivity index (χ1) is 24.0. The van der Waals surface area contributed by atoms with Crippen molar-refractivity contribution in [3.8, 4) is 0 Å². The van der Waals surface area contributed by atoms with E-state index in [0.717, 1.165) is 0 Å². The summed E-state index contributed by atoms with van der Waals surface area (Å²) >= 11 is 0. The molecule has 0 saturated carbocycles. The smallest absolute Gasteiger partial charge is 0.0876 e. The average molecular weight is 683 g/mol. The van der Waals surface area contributed by atoms with Gasteiger partial charge in [0.1, 0.15) is 0 Å². The lowest BCUT2D eigenvalue weighted by molar-refractivity contribution is 0.131. The first-order valence-electron chi connectivity index (χ1n) is 18.6. The summed E-state index contributed by atoms with van der Waals surface area (Å²) in [7, 11) is 21.3. The molecule has 4 aromatic carbocycles. The molecule has 2 aromatic heterocycles. The molecule has 0 saturated heterocycles. The van der Waals surface area contributed by atoms with Crippen LogP contribution in [0.2, 0.25) is 0 Å². The lowest BCUT2D eigenvalue weighted by Crippen LogP contribution is -2.32. The molecule has 0 atom stereocenters. The van der Waals surface area contributed by atoms with Crippen LogP contribution in [0.15, 0.2) is 84.9 Å². The Balaban J connectivity index is 0.000000417. The van der Waals surface area contributed by atoms with Gasteiger partial charge in [0.2, 0.25) is 0 Å². The summed E-state index contributed by atoms with van der Waals surface area (Å²) < 4.78 is 4.56. The minimum absolute atomic E-state index is 0.285. The van der Waals surface area contributed by atoms with Crippen LogP contribution in [-0.4, -0.2) is 85.1 Å². The van der Waals surface area contributed by atoms with Gasteiger partial charge in [-0.05, 0) is 97.8 Å². The predicted octanol–water partition coefficient (Wildman–Crippen LogP) is 11.0. The Hall–Kier alpha value is -3.68. The van der Waals surface area contributed by atoms with Crippen LogP contribution in [0, 0.1) is 0 Å². The predicted molar refractivity (Wildman–Crippen MR) is 226 cm³/mol. The van der Waals surface area contributed by atoms with E-state index in [1.807, 2.05) is 55.4 Å². The Morgan fingerprint density at radius 2 is 0.680 bits per heavy atom. The second-order valence-electron chi connectivity index (χ2n) is 12.3.